The summed E-state index contributed by atoms with van der Waals surface area (Å²) in [6.07, 6.45) is 0.555. The normalized spacial score (nSPS) is 11.1. The lowest BCUT2D eigenvalue weighted by Gasteiger charge is -2.08. The van der Waals surface area contributed by atoms with Crippen molar-refractivity contribution < 1.29 is 18.3 Å². The Bertz CT molecular complexity index is 393. The molecule has 1 aromatic carbocycles. The lowest BCUT2D eigenvalue weighted by molar-refractivity contribution is -0.137. The molecule has 15 heavy (non-hydrogen) atoms. The fourth-order valence-corrected chi connectivity index (χ4v) is 1.55. The minimum atomic E-state index is -4.44. The highest BCUT2D eigenvalue weighted by Gasteiger charge is 2.31. The lowest BCUT2D eigenvalue weighted by Crippen LogP contribution is -2.04. The van der Waals surface area contributed by atoms with Crippen LogP contribution < -0.4 is 0 Å². The van der Waals surface area contributed by atoms with E-state index in [0.717, 1.165) is 17.8 Å². The number of thioether (sulfide) groups is 1. The van der Waals surface area contributed by atoms with Gasteiger partial charge in [-0.25, -0.2) is 0 Å². The lowest BCUT2D eigenvalue weighted by atomic mass is 10.2. The van der Waals surface area contributed by atoms with Crippen molar-refractivity contribution in [3.8, 4) is 18.1 Å². The van der Waals surface area contributed by atoms with E-state index in [0.29, 0.717) is 16.7 Å². The fraction of sp³-hybridized carbons (Fsp3) is 0.200. The Morgan fingerprint density at radius 2 is 2.07 bits per heavy atom. The second kappa shape index (κ2) is 4.49. The van der Waals surface area contributed by atoms with E-state index in [1.807, 2.05) is 0 Å². The van der Waals surface area contributed by atoms with E-state index in [4.69, 9.17) is 6.42 Å². The summed E-state index contributed by atoms with van der Waals surface area (Å²) in [7, 11) is 0. The van der Waals surface area contributed by atoms with Gasteiger partial charge in [-0.3, -0.25) is 0 Å². The molecule has 0 amide bonds. The van der Waals surface area contributed by atoms with Crippen molar-refractivity contribution in [3.63, 3.8) is 0 Å². The summed E-state index contributed by atoms with van der Waals surface area (Å²) in [4.78, 5) is 0.348. The van der Waals surface area contributed by atoms with Crippen LogP contribution in [0.15, 0.2) is 23.1 Å². The molecule has 0 saturated carbocycles. The molecule has 0 saturated heterocycles. The van der Waals surface area contributed by atoms with Crippen LogP contribution in [0.5, 0.6) is 5.75 Å². The van der Waals surface area contributed by atoms with E-state index >= 15 is 0 Å². The van der Waals surface area contributed by atoms with Crippen LogP contribution in [0.3, 0.4) is 0 Å². The van der Waals surface area contributed by atoms with Crippen molar-refractivity contribution >= 4 is 11.8 Å². The Morgan fingerprint density at radius 1 is 1.40 bits per heavy atom. The second-order valence-electron chi connectivity index (χ2n) is 2.67. The van der Waals surface area contributed by atoms with Crippen molar-refractivity contribution in [2.45, 2.75) is 11.1 Å². The van der Waals surface area contributed by atoms with E-state index in [9.17, 15) is 18.3 Å². The molecule has 0 unspecified atom stereocenters. The summed E-state index contributed by atoms with van der Waals surface area (Å²) in [5, 5.41) is 9.29. The molecule has 1 N–H and O–H groups in total. The van der Waals surface area contributed by atoms with E-state index in [1.165, 1.54) is 6.07 Å². The van der Waals surface area contributed by atoms with Crippen molar-refractivity contribution in [1.29, 1.82) is 0 Å². The summed E-state index contributed by atoms with van der Waals surface area (Å²) in [5.74, 6) is 2.22. The van der Waals surface area contributed by atoms with Crippen LogP contribution in [-0.4, -0.2) is 10.9 Å². The molecule has 1 aromatic rings. The van der Waals surface area contributed by atoms with Gasteiger partial charge in [-0.15, -0.1) is 18.2 Å². The maximum atomic E-state index is 12.2. The number of aromatic hydroxyl groups is 1. The van der Waals surface area contributed by atoms with Gasteiger partial charge in [0.15, 0.2) is 0 Å². The van der Waals surface area contributed by atoms with Crippen LogP contribution in [0.1, 0.15) is 5.56 Å². The molecular weight excluding hydrogens is 225 g/mol. The molecule has 0 spiro atoms. The highest BCUT2D eigenvalue weighted by Crippen LogP contribution is 2.35. The van der Waals surface area contributed by atoms with Gasteiger partial charge in [0, 0.05) is 0 Å². The molecule has 0 aliphatic rings. The number of hydrogen-bond donors (Lipinski definition) is 1. The standard InChI is InChI=1S/C10H7F3OS/c1-2-5-15-9-4-3-7(6-8(9)14)10(11,12)13/h1,3-4,6,14H,5H2. The van der Waals surface area contributed by atoms with Gasteiger partial charge in [-0.05, 0) is 18.2 Å². The van der Waals surface area contributed by atoms with Crippen molar-refractivity contribution in [1.82, 2.24) is 0 Å². The molecule has 0 fully saturated rings. The van der Waals surface area contributed by atoms with Crippen LogP contribution in [0.25, 0.3) is 0 Å². The summed E-state index contributed by atoms with van der Waals surface area (Å²) in [5.41, 5.74) is -0.870. The van der Waals surface area contributed by atoms with Gasteiger partial charge in [-0.2, -0.15) is 13.2 Å². The molecule has 0 atom stereocenters. The van der Waals surface area contributed by atoms with Gasteiger partial charge >= 0.3 is 6.18 Å². The van der Waals surface area contributed by atoms with Gasteiger partial charge < -0.3 is 5.11 Å². The number of terminal acetylenes is 1. The molecule has 0 aliphatic carbocycles. The van der Waals surface area contributed by atoms with E-state index in [-0.39, 0.29) is 0 Å². The van der Waals surface area contributed by atoms with Gasteiger partial charge in [0.05, 0.1) is 16.2 Å². The summed E-state index contributed by atoms with van der Waals surface area (Å²) in [6.45, 7) is 0. The first-order valence-electron chi connectivity index (χ1n) is 3.91. The van der Waals surface area contributed by atoms with Gasteiger partial charge in [0.1, 0.15) is 5.75 Å². The molecule has 1 nitrogen and oxygen atoms in total. The first-order valence-corrected chi connectivity index (χ1v) is 4.90. The van der Waals surface area contributed by atoms with Crippen LogP contribution in [0.4, 0.5) is 13.2 Å². The SMILES string of the molecule is C#CCSc1ccc(C(F)(F)F)cc1O. The third-order valence-corrected chi connectivity index (χ3v) is 2.56. The number of rotatable bonds is 2. The maximum absolute atomic E-state index is 12.2. The van der Waals surface area contributed by atoms with Crippen molar-refractivity contribution in [3.05, 3.63) is 23.8 Å². The predicted molar refractivity (Wildman–Crippen MR) is 52.7 cm³/mol. The minimum absolute atomic E-state index is 0.304. The number of phenolic OH excluding ortho intramolecular Hbond substituents is 1. The first-order chi connectivity index (χ1) is 6.95. The van der Waals surface area contributed by atoms with E-state index < -0.39 is 17.5 Å². The number of phenols is 1. The molecule has 1 rings (SSSR count). The quantitative estimate of drug-likeness (QED) is 0.624. The third kappa shape index (κ3) is 3.10. The third-order valence-electron chi connectivity index (χ3n) is 1.60. The largest absolute Gasteiger partial charge is 0.507 e. The Labute approximate surface area is 89.3 Å². The average molecular weight is 232 g/mol. The van der Waals surface area contributed by atoms with Crippen LogP contribution in [0.2, 0.25) is 0 Å². The minimum Gasteiger partial charge on any atom is -0.507 e. The molecule has 80 valence electrons. The van der Waals surface area contributed by atoms with Crippen molar-refractivity contribution in [2.24, 2.45) is 0 Å². The summed E-state index contributed by atoms with van der Waals surface area (Å²) >= 11 is 1.11. The molecule has 0 aromatic heterocycles. The van der Waals surface area contributed by atoms with Gasteiger partial charge in [0.25, 0.3) is 0 Å². The van der Waals surface area contributed by atoms with Crippen LogP contribution in [-0.2, 0) is 6.18 Å². The predicted octanol–water partition coefficient (Wildman–Crippen LogP) is 3.14. The average Bonchev–Trinajstić information content (AvgIpc) is 2.14. The van der Waals surface area contributed by atoms with Gasteiger partial charge in [-0.1, -0.05) is 5.92 Å². The first kappa shape index (κ1) is 11.8. The molecular formula is C10H7F3OS. The van der Waals surface area contributed by atoms with Crippen LogP contribution in [0, 0.1) is 12.3 Å². The van der Waals surface area contributed by atoms with Crippen LogP contribution >= 0.6 is 11.8 Å². The summed E-state index contributed by atoms with van der Waals surface area (Å²) < 4.78 is 36.6. The Balaban J connectivity index is 2.94. The molecule has 0 heterocycles. The molecule has 0 bridgehead atoms. The van der Waals surface area contributed by atoms with E-state index in [1.54, 1.807) is 0 Å². The fourth-order valence-electron chi connectivity index (χ4n) is 0.935. The molecule has 5 heteroatoms. The number of halogens is 3. The zero-order valence-electron chi connectivity index (χ0n) is 7.51. The topological polar surface area (TPSA) is 20.2 Å². The monoisotopic (exact) mass is 232 g/mol. The zero-order chi connectivity index (χ0) is 11.5. The maximum Gasteiger partial charge on any atom is 0.416 e. The smallest absolute Gasteiger partial charge is 0.416 e. The highest BCUT2D eigenvalue weighted by atomic mass is 32.2. The van der Waals surface area contributed by atoms with E-state index in [2.05, 4.69) is 5.92 Å². The van der Waals surface area contributed by atoms with Gasteiger partial charge in [0.2, 0.25) is 0 Å². The molecule has 0 radical (unpaired) electrons. The Morgan fingerprint density at radius 3 is 2.53 bits per heavy atom. The number of hydrogen-bond acceptors (Lipinski definition) is 2. The number of alkyl halides is 3. The Hall–Kier alpha value is -1.28. The van der Waals surface area contributed by atoms with Crippen molar-refractivity contribution in [2.75, 3.05) is 5.75 Å². The number of benzene rings is 1. The summed E-state index contributed by atoms with van der Waals surface area (Å²) in [6, 6.07) is 2.82. The Kier molecular flexibility index (Phi) is 3.53. The second-order valence-corrected chi connectivity index (χ2v) is 3.69. The molecule has 0 aliphatic heterocycles. The zero-order valence-corrected chi connectivity index (χ0v) is 8.32. The highest BCUT2D eigenvalue weighted by molar-refractivity contribution is 7.99.